The van der Waals surface area contributed by atoms with Crippen LogP contribution >= 0.6 is 23.2 Å². The number of likely N-dealkylation sites (tertiary alicyclic amines) is 1. The van der Waals surface area contributed by atoms with Gasteiger partial charge in [0.1, 0.15) is 0 Å². The van der Waals surface area contributed by atoms with Gasteiger partial charge in [-0.15, -0.1) is 0 Å². The molecular formula is C16H19Cl2NO3. The number of amides is 1. The summed E-state index contributed by atoms with van der Waals surface area (Å²) in [6.45, 7) is 3.77. The van der Waals surface area contributed by atoms with E-state index in [-0.39, 0.29) is 35.2 Å². The minimum absolute atomic E-state index is 0.168. The fourth-order valence-corrected chi connectivity index (χ4v) is 3.33. The molecule has 1 saturated heterocycles. The van der Waals surface area contributed by atoms with Gasteiger partial charge in [0.25, 0.3) is 5.91 Å². The van der Waals surface area contributed by atoms with E-state index in [1.165, 1.54) is 12.1 Å². The maximum atomic E-state index is 12.3. The summed E-state index contributed by atoms with van der Waals surface area (Å²) in [4.78, 5) is 26.1. The molecule has 22 heavy (non-hydrogen) atoms. The standard InChI is InChI=1S/C16H19Cl2NO3/c1-10-4-3-5-11(2)19(10)15(20)9-22-16(21)13-7-6-12(17)8-14(13)18/h6-8,10-11H,3-5,9H2,1-2H3. The average molecular weight is 344 g/mol. The Hall–Kier alpha value is -1.26. The smallest absolute Gasteiger partial charge is 0.340 e. The zero-order chi connectivity index (χ0) is 16.3. The van der Waals surface area contributed by atoms with Gasteiger partial charge in [-0.05, 0) is 51.3 Å². The van der Waals surface area contributed by atoms with Crippen LogP contribution in [-0.4, -0.2) is 35.5 Å². The highest BCUT2D eigenvalue weighted by Gasteiger charge is 2.29. The Morgan fingerprint density at radius 3 is 2.45 bits per heavy atom. The molecular weight excluding hydrogens is 325 g/mol. The van der Waals surface area contributed by atoms with E-state index in [1.54, 1.807) is 11.0 Å². The van der Waals surface area contributed by atoms with E-state index < -0.39 is 5.97 Å². The number of hydrogen-bond acceptors (Lipinski definition) is 3. The molecule has 2 unspecified atom stereocenters. The molecule has 0 radical (unpaired) electrons. The number of carbonyl (C=O) groups excluding carboxylic acids is 2. The monoisotopic (exact) mass is 343 g/mol. The van der Waals surface area contributed by atoms with Crippen molar-refractivity contribution >= 4 is 35.1 Å². The third kappa shape index (κ3) is 3.93. The summed E-state index contributed by atoms with van der Waals surface area (Å²) in [6, 6.07) is 4.86. The third-order valence-corrected chi connectivity index (χ3v) is 4.51. The zero-order valence-corrected chi connectivity index (χ0v) is 14.2. The number of hydrogen-bond donors (Lipinski definition) is 0. The minimum atomic E-state index is -0.618. The molecule has 2 atom stereocenters. The molecule has 0 aliphatic carbocycles. The molecule has 1 aromatic rings. The second-order valence-electron chi connectivity index (χ2n) is 5.63. The Bertz CT molecular complexity index is 567. The molecule has 4 nitrogen and oxygen atoms in total. The van der Waals surface area contributed by atoms with Crippen LogP contribution in [0, 0.1) is 0 Å². The lowest BCUT2D eigenvalue weighted by molar-refractivity contribution is -0.140. The lowest BCUT2D eigenvalue weighted by Gasteiger charge is -2.38. The highest BCUT2D eigenvalue weighted by atomic mass is 35.5. The summed E-state index contributed by atoms with van der Waals surface area (Å²) in [5, 5.41) is 0.651. The summed E-state index contributed by atoms with van der Waals surface area (Å²) in [5.74, 6) is -0.787. The Kier molecular flexibility index (Phi) is 5.70. The van der Waals surface area contributed by atoms with Crippen molar-refractivity contribution in [2.24, 2.45) is 0 Å². The molecule has 1 aromatic carbocycles. The highest BCUT2D eigenvalue weighted by Crippen LogP contribution is 2.24. The molecule has 1 heterocycles. The normalized spacial score (nSPS) is 21.5. The first-order chi connectivity index (χ1) is 10.4. The summed E-state index contributed by atoms with van der Waals surface area (Å²) in [6.07, 6.45) is 3.08. The predicted octanol–water partition coefficient (Wildman–Crippen LogP) is 3.94. The van der Waals surface area contributed by atoms with Gasteiger partial charge < -0.3 is 9.64 Å². The molecule has 0 N–H and O–H groups in total. The first-order valence-corrected chi connectivity index (χ1v) is 8.09. The van der Waals surface area contributed by atoms with E-state index in [1.807, 2.05) is 13.8 Å². The van der Waals surface area contributed by atoms with Crippen molar-refractivity contribution in [1.29, 1.82) is 0 Å². The second kappa shape index (κ2) is 7.34. The van der Waals surface area contributed by atoms with Crippen LogP contribution in [0.2, 0.25) is 10.0 Å². The molecule has 1 aliphatic heterocycles. The largest absolute Gasteiger partial charge is 0.452 e. The van der Waals surface area contributed by atoms with Crippen LogP contribution in [0.4, 0.5) is 0 Å². The van der Waals surface area contributed by atoms with Gasteiger partial charge in [0.2, 0.25) is 0 Å². The van der Waals surface area contributed by atoms with Gasteiger partial charge in [-0.3, -0.25) is 4.79 Å². The van der Waals surface area contributed by atoms with Crippen LogP contribution in [0.25, 0.3) is 0 Å². The van der Waals surface area contributed by atoms with E-state index in [0.29, 0.717) is 5.02 Å². The van der Waals surface area contributed by atoms with Crippen molar-refractivity contribution in [2.75, 3.05) is 6.61 Å². The van der Waals surface area contributed by atoms with Crippen LogP contribution in [0.15, 0.2) is 18.2 Å². The van der Waals surface area contributed by atoms with E-state index in [2.05, 4.69) is 0 Å². The predicted molar refractivity (Wildman–Crippen MR) is 86.4 cm³/mol. The quantitative estimate of drug-likeness (QED) is 0.781. The average Bonchev–Trinajstić information content (AvgIpc) is 2.44. The number of rotatable bonds is 3. The summed E-state index contributed by atoms with van der Waals surface area (Å²) in [7, 11) is 0. The zero-order valence-electron chi connectivity index (χ0n) is 12.6. The maximum Gasteiger partial charge on any atom is 0.340 e. The second-order valence-corrected chi connectivity index (χ2v) is 6.47. The van der Waals surface area contributed by atoms with Crippen molar-refractivity contribution in [2.45, 2.75) is 45.2 Å². The van der Waals surface area contributed by atoms with Crippen LogP contribution in [0.1, 0.15) is 43.5 Å². The van der Waals surface area contributed by atoms with E-state index in [0.717, 1.165) is 19.3 Å². The Balaban J connectivity index is 1.97. The molecule has 1 amide bonds. The van der Waals surface area contributed by atoms with E-state index in [4.69, 9.17) is 27.9 Å². The number of benzene rings is 1. The van der Waals surface area contributed by atoms with E-state index in [9.17, 15) is 9.59 Å². The number of esters is 1. The first-order valence-electron chi connectivity index (χ1n) is 7.33. The van der Waals surface area contributed by atoms with Crippen LogP contribution < -0.4 is 0 Å². The SMILES string of the molecule is CC1CCCC(C)N1C(=O)COC(=O)c1ccc(Cl)cc1Cl. The Morgan fingerprint density at radius 1 is 1.23 bits per heavy atom. The summed E-state index contributed by atoms with van der Waals surface area (Å²) >= 11 is 11.7. The molecule has 0 saturated carbocycles. The first kappa shape index (κ1) is 17.1. The maximum absolute atomic E-state index is 12.3. The highest BCUT2D eigenvalue weighted by molar-refractivity contribution is 6.36. The van der Waals surface area contributed by atoms with Crippen molar-refractivity contribution in [1.82, 2.24) is 4.90 Å². The van der Waals surface area contributed by atoms with Crippen molar-refractivity contribution in [3.05, 3.63) is 33.8 Å². The lowest BCUT2D eigenvalue weighted by atomic mass is 9.97. The molecule has 2 rings (SSSR count). The number of ether oxygens (including phenoxy) is 1. The van der Waals surface area contributed by atoms with Gasteiger partial charge >= 0.3 is 5.97 Å². The number of nitrogens with zero attached hydrogens (tertiary/aromatic N) is 1. The molecule has 1 aliphatic rings. The number of carbonyl (C=O) groups is 2. The van der Waals surface area contributed by atoms with Gasteiger partial charge in [0.05, 0.1) is 10.6 Å². The summed E-state index contributed by atoms with van der Waals surface area (Å²) < 4.78 is 5.10. The van der Waals surface area contributed by atoms with Gasteiger partial charge in [-0.1, -0.05) is 23.2 Å². The van der Waals surface area contributed by atoms with Gasteiger partial charge in [-0.2, -0.15) is 0 Å². The minimum Gasteiger partial charge on any atom is -0.452 e. The summed E-state index contributed by atoms with van der Waals surface area (Å²) in [5.41, 5.74) is 0.207. The molecule has 0 bridgehead atoms. The fourth-order valence-electron chi connectivity index (χ4n) is 2.85. The van der Waals surface area contributed by atoms with Gasteiger partial charge in [0, 0.05) is 17.1 Å². The van der Waals surface area contributed by atoms with Crippen molar-refractivity contribution in [3.63, 3.8) is 0 Å². The molecule has 6 heteroatoms. The number of halogens is 2. The van der Waals surface area contributed by atoms with Crippen molar-refractivity contribution < 1.29 is 14.3 Å². The van der Waals surface area contributed by atoms with Gasteiger partial charge in [0.15, 0.2) is 6.61 Å². The van der Waals surface area contributed by atoms with Crippen LogP contribution in [0.5, 0.6) is 0 Å². The fraction of sp³-hybridized carbons (Fsp3) is 0.500. The molecule has 120 valence electrons. The van der Waals surface area contributed by atoms with Gasteiger partial charge in [-0.25, -0.2) is 4.79 Å². The molecule has 1 fully saturated rings. The van der Waals surface area contributed by atoms with Crippen LogP contribution in [0.3, 0.4) is 0 Å². The third-order valence-electron chi connectivity index (χ3n) is 3.96. The molecule has 0 spiro atoms. The van der Waals surface area contributed by atoms with Crippen molar-refractivity contribution in [3.8, 4) is 0 Å². The lowest BCUT2D eigenvalue weighted by Crippen LogP contribution is -2.49. The molecule has 0 aromatic heterocycles. The number of piperidine rings is 1. The topological polar surface area (TPSA) is 46.6 Å². The Labute approximate surface area is 140 Å². The van der Waals surface area contributed by atoms with Crippen LogP contribution in [-0.2, 0) is 9.53 Å². The van der Waals surface area contributed by atoms with E-state index >= 15 is 0 Å². The Morgan fingerprint density at radius 2 is 1.86 bits per heavy atom.